The first-order chi connectivity index (χ1) is 9.24. The van der Waals surface area contributed by atoms with E-state index < -0.39 is 0 Å². The maximum Gasteiger partial charge on any atom is 0.264 e. The molecule has 1 aromatic rings. The van der Waals surface area contributed by atoms with Crippen molar-refractivity contribution in [1.29, 1.82) is 5.26 Å². The molecule has 1 fully saturated rings. The van der Waals surface area contributed by atoms with Gasteiger partial charge in [-0.25, -0.2) is 0 Å². The summed E-state index contributed by atoms with van der Waals surface area (Å²) in [4.78, 5) is 15.1. The second kappa shape index (κ2) is 6.44. The molecule has 1 aliphatic heterocycles. The van der Waals surface area contributed by atoms with Crippen molar-refractivity contribution in [3.63, 3.8) is 0 Å². The Morgan fingerprint density at radius 1 is 1.32 bits per heavy atom. The molecule has 0 radical (unpaired) electrons. The molecule has 4 heteroatoms. The van der Waals surface area contributed by atoms with Crippen LogP contribution in [0.15, 0.2) is 34.7 Å². The van der Waals surface area contributed by atoms with Gasteiger partial charge >= 0.3 is 0 Å². The lowest BCUT2D eigenvalue weighted by Gasteiger charge is -2.14. The predicted octanol–water partition coefficient (Wildman–Crippen LogP) is 2.94. The molecule has 0 bridgehead atoms. The Balaban J connectivity index is 2.17. The number of benzene rings is 1. The van der Waals surface area contributed by atoms with Crippen molar-refractivity contribution in [2.24, 2.45) is 0 Å². The first-order valence-electron chi connectivity index (χ1n) is 6.29. The number of rotatable bonds is 3. The summed E-state index contributed by atoms with van der Waals surface area (Å²) < 4.78 is 0. The molecule has 1 saturated heterocycles. The maximum atomic E-state index is 12.1. The van der Waals surface area contributed by atoms with Crippen molar-refractivity contribution in [2.45, 2.75) is 17.7 Å². The Morgan fingerprint density at radius 3 is 2.47 bits per heavy atom. The Kier molecular flexibility index (Phi) is 4.64. The minimum atomic E-state index is -0.144. The first kappa shape index (κ1) is 13.7. The van der Waals surface area contributed by atoms with E-state index in [-0.39, 0.29) is 11.5 Å². The Bertz CT molecular complexity index is 522. The third kappa shape index (κ3) is 3.39. The SMILES string of the molecule is CSc1ccc(C=C(C#N)C(=O)N2CCCC2)cc1. The lowest BCUT2D eigenvalue weighted by molar-refractivity contribution is -0.125. The van der Waals surface area contributed by atoms with Crippen LogP contribution in [0.3, 0.4) is 0 Å². The lowest BCUT2D eigenvalue weighted by atomic mass is 10.1. The molecule has 1 aromatic carbocycles. The molecular weight excluding hydrogens is 256 g/mol. The van der Waals surface area contributed by atoms with E-state index in [4.69, 9.17) is 5.26 Å². The molecule has 2 rings (SSSR count). The van der Waals surface area contributed by atoms with Crippen LogP contribution in [0.5, 0.6) is 0 Å². The van der Waals surface area contributed by atoms with Crippen LogP contribution in [0.4, 0.5) is 0 Å². The number of likely N-dealkylation sites (tertiary alicyclic amines) is 1. The van der Waals surface area contributed by atoms with Crippen LogP contribution in [0.2, 0.25) is 0 Å². The summed E-state index contributed by atoms with van der Waals surface area (Å²) in [5, 5.41) is 9.15. The van der Waals surface area contributed by atoms with E-state index in [9.17, 15) is 4.79 Å². The normalized spacial score (nSPS) is 15.4. The van der Waals surface area contributed by atoms with Gasteiger partial charge in [0.1, 0.15) is 11.6 Å². The summed E-state index contributed by atoms with van der Waals surface area (Å²) in [7, 11) is 0. The van der Waals surface area contributed by atoms with E-state index in [1.807, 2.05) is 36.6 Å². The molecule has 1 amide bonds. The summed E-state index contributed by atoms with van der Waals surface area (Å²) in [6.45, 7) is 1.53. The number of hydrogen-bond acceptors (Lipinski definition) is 3. The van der Waals surface area contributed by atoms with Crippen LogP contribution >= 0.6 is 11.8 Å². The van der Waals surface area contributed by atoms with Crippen LogP contribution in [0.1, 0.15) is 18.4 Å². The summed E-state index contributed by atoms with van der Waals surface area (Å²) in [6, 6.07) is 9.87. The first-order valence-corrected chi connectivity index (χ1v) is 7.52. The molecule has 1 heterocycles. The van der Waals surface area contributed by atoms with Crippen LogP contribution in [-0.4, -0.2) is 30.2 Å². The minimum absolute atomic E-state index is 0.144. The third-order valence-electron chi connectivity index (χ3n) is 3.17. The zero-order chi connectivity index (χ0) is 13.7. The van der Waals surface area contributed by atoms with Gasteiger partial charge in [-0.3, -0.25) is 4.79 Å². The van der Waals surface area contributed by atoms with Gasteiger partial charge in [0, 0.05) is 18.0 Å². The van der Waals surface area contributed by atoms with Gasteiger partial charge in [0.25, 0.3) is 5.91 Å². The number of amides is 1. The van der Waals surface area contributed by atoms with E-state index >= 15 is 0 Å². The van der Waals surface area contributed by atoms with E-state index in [0.29, 0.717) is 0 Å². The zero-order valence-electron chi connectivity index (χ0n) is 10.9. The highest BCUT2D eigenvalue weighted by molar-refractivity contribution is 7.98. The van der Waals surface area contributed by atoms with Gasteiger partial charge in [0.2, 0.25) is 0 Å². The molecule has 0 atom stereocenters. The van der Waals surface area contributed by atoms with Crippen molar-refractivity contribution in [1.82, 2.24) is 4.90 Å². The number of carbonyl (C=O) groups is 1. The van der Waals surface area contributed by atoms with Gasteiger partial charge < -0.3 is 4.90 Å². The Labute approximate surface area is 117 Å². The van der Waals surface area contributed by atoms with Crippen molar-refractivity contribution in [3.05, 3.63) is 35.4 Å². The highest BCUT2D eigenvalue weighted by Crippen LogP contribution is 2.18. The molecule has 0 saturated carbocycles. The average Bonchev–Trinajstić information content (AvgIpc) is 2.99. The number of nitriles is 1. The number of hydrogen-bond donors (Lipinski definition) is 0. The fourth-order valence-electron chi connectivity index (χ4n) is 2.10. The van der Waals surface area contributed by atoms with Crippen LogP contribution < -0.4 is 0 Å². The van der Waals surface area contributed by atoms with Crippen molar-refractivity contribution >= 4 is 23.7 Å². The molecule has 0 aliphatic carbocycles. The molecule has 19 heavy (non-hydrogen) atoms. The molecule has 0 unspecified atom stereocenters. The number of nitrogens with zero attached hydrogens (tertiary/aromatic N) is 2. The summed E-state index contributed by atoms with van der Waals surface area (Å²) in [5.41, 5.74) is 1.11. The van der Waals surface area contributed by atoms with Crippen molar-refractivity contribution in [2.75, 3.05) is 19.3 Å². The van der Waals surface area contributed by atoms with Gasteiger partial charge in [-0.1, -0.05) is 12.1 Å². The van der Waals surface area contributed by atoms with Gasteiger partial charge in [-0.2, -0.15) is 5.26 Å². The van der Waals surface area contributed by atoms with Crippen molar-refractivity contribution in [3.8, 4) is 6.07 Å². The molecule has 0 N–H and O–H groups in total. The fraction of sp³-hybridized carbons (Fsp3) is 0.333. The molecular formula is C15H16N2OS. The average molecular weight is 272 g/mol. The molecule has 1 aliphatic rings. The van der Waals surface area contributed by atoms with E-state index in [1.165, 1.54) is 4.90 Å². The smallest absolute Gasteiger partial charge is 0.264 e. The topological polar surface area (TPSA) is 44.1 Å². The van der Waals surface area contributed by atoms with Crippen LogP contribution in [0.25, 0.3) is 6.08 Å². The number of thioether (sulfide) groups is 1. The second-order valence-corrected chi connectivity index (χ2v) is 5.32. The van der Waals surface area contributed by atoms with Crippen molar-refractivity contribution < 1.29 is 4.79 Å². The molecule has 0 aromatic heterocycles. The fourth-order valence-corrected chi connectivity index (χ4v) is 2.51. The lowest BCUT2D eigenvalue weighted by Crippen LogP contribution is -2.28. The predicted molar refractivity (Wildman–Crippen MR) is 77.6 cm³/mol. The third-order valence-corrected chi connectivity index (χ3v) is 3.91. The van der Waals surface area contributed by atoms with E-state index in [2.05, 4.69) is 0 Å². The Hall–Kier alpha value is -1.73. The minimum Gasteiger partial charge on any atom is -0.338 e. The highest BCUT2D eigenvalue weighted by Gasteiger charge is 2.21. The second-order valence-electron chi connectivity index (χ2n) is 4.44. The number of carbonyl (C=O) groups excluding carboxylic acids is 1. The highest BCUT2D eigenvalue weighted by atomic mass is 32.2. The monoisotopic (exact) mass is 272 g/mol. The van der Waals surface area contributed by atoms with Gasteiger partial charge in [0.05, 0.1) is 0 Å². The summed E-state index contributed by atoms with van der Waals surface area (Å²) >= 11 is 1.67. The largest absolute Gasteiger partial charge is 0.338 e. The van der Waals surface area contributed by atoms with Crippen LogP contribution in [0, 0.1) is 11.3 Å². The quantitative estimate of drug-likeness (QED) is 0.483. The molecule has 3 nitrogen and oxygen atoms in total. The van der Waals surface area contributed by atoms with E-state index in [1.54, 1.807) is 22.7 Å². The van der Waals surface area contributed by atoms with Gasteiger partial charge in [-0.05, 0) is 42.9 Å². The molecule has 98 valence electrons. The van der Waals surface area contributed by atoms with E-state index in [0.717, 1.165) is 31.5 Å². The van der Waals surface area contributed by atoms with Crippen LogP contribution in [-0.2, 0) is 4.79 Å². The van der Waals surface area contributed by atoms with Gasteiger partial charge in [-0.15, -0.1) is 11.8 Å². The zero-order valence-corrected chi connectivity index (χ0v) is 11.7. The summed E-state index contributed by atoms with van der Waals surface area (Å²) in [6.07, 6.45) is 5.76. The summed E-state index contributed by atoms with van der Waals surface area (Å²) in [5.74, 6) is -0.144. The molecule has 0 spiro atoms. The Morgan fingerprint density at radius 2 is 1.95 bits per heavy atom. The standard InChI is InChI=1S/C15H16N2OS/c1-19-14-6-4-12(5-7-14)10-13(11-16)15(18)17-8-2-3-9-17/h4-7,10H,2-3,8-9H2,1H3. The maximum absolute atomic E-state index is 12.1. The van der Waals surface area contributed by atoms with Gasteiger partial charge in [0.15, 0.2) is 0 Å².